The lowest BCUT2D eigenvalue weighted by molar-refractivity contribution is -0.128. The van der Waals surface area contributed by atoms with Crippen LogP contribution in [-0.4, -0.2) is 31.3 Å². The fourth-order valence-corrected chi connectivity index (χ4v) is 4.33. The summed E-state index contributed by atoms with van der Waals surface area (Å²) in [5.41, 5.74) is 3.50. The van der Waals surface area contributed by atoms with Gasteiger partial charge in [-0.2, -0.15) is 5.10 Å². The Morgan fingerprint density at radius 2 is 1.74 bits per heavy atom. The number of nitrogens with one attached hydrogen (secondary N) is 1. The fourth-order valence-electron chi connectivity index (χ4n) is 3.62. The highest BCUT2D eigenvalue weighted by Gasteiger charge is 2.20. The van der Waals surface area contributed by atoms with Crippen molar-refractivity contribution in [3.8, 4) is 17.2 Å². The number of esters is 1. The molecule has 1 atom stereocenters. The van der Waals surface area contributed by atoms with Crippen molar-refractivity contribution in [3.05, 3.63) is 99.5 Å². The van der Waals surface area contributed by atoms with Gasteiger partial charge in [0.2, 0.25) is 0 Å². The summed E-state index contributed by atoms with van der Waals surface area (Å²) in [4.78, 5) is 25.2. The Hall–Kier alpha value is -3.88. The SMILES string of the molecule is CCC(Oc1ccc2ccccc2c1Br)C(=O)N/N=C/c1ccc(OC(=O)c2ccc(Cl)cc2)c(OC)c1. The topological polar surface area (TPSA) is 86.2 Å². The van der Waals surface area contributed by atoms with Crippen molar-refractivity contribution < 1.29 is 23.8 Å². The summed E-state index contributed by atoms with van der Waals surface area (Å²) in [5, 5.41) is 6.64. The van der Waals surface area contributed by atoms with E-state index in [-0.39, 0.29) is 11.7 Å². The molecule has 4 aromatic carbocycles. The number of hydrazone groups is 1. The Kier molecular flexibility index (Phi) is 8.99. The molecule has 0 aliphatic carbocycles. The first-order chi connectivity index (χ1) is 18.4. The van der Waals surface area contributed by atoms with Crippen molar-refractivity contribution >= 4 is 56.4 Å². The average Bonchev–Trinajstić information content (AvgIpc) is 2.93. The van der Waals surface area contributed by atoms with Crippen molar-refractivity contribution in [3.63, 3.8) is 0 Å². The minimum absolute atomic E-state index is 0.244. The van der Waals surface area contributed by atoms with Crippen LogP contribution in [0, 0.1) is 0 Å². The van der Waals surface area contributed by atoms with E-state index in [0.29, 0.717) is 34.1 Å². The molecule has 4 aromatic rings. The molecule has 0 heterocycles. The third-order valence-electron chi connectivity index (χ3n) is 5.62. The van der Waals surface area contributed by atoms with E-state index in [4.69, 9.17) is 25.8 Å². The van der Waals surface area contributed by atoms with Crippen LogP contribution < -0.4 is 19.6 Å². The molecular weight excluding hydrogens is 572 g/mol. The van der Waals surface area contributed by atoms with Crippen LogP contribution in [-0.2, 0) is 4.79 Å². The van der Waals surface area contributed by atoms with Crippen molar-refractivity contribution in [2.75, 3.05) is 7.11 Å². The third-order valence-corrected chi connectivity index (χ3v) is 6.69. The number of benzene rings is 4. The minimum atomic E-state index is -0.742. The molecule has 7 nitrogen and oxygen atoms in total. The molecule has 0 aromatic heterocycles. The van der Waals surface area contributed by atoms with Gasteiger partial charge in [-0.1, -0.05) is 48.9 Å². The highest BCUT2D eigenvalue weighted by atomic mass is 79.9. The smallest absolute Gasteiger partial charge is 0.343 e. The van der Waals surface area contributed by atoms with E-state index >= 15 is 0 Å². The Balaban J connectivity index is 1.39. The summed E-state index contributed by atoms with van der Waals surface area (Å²) in [7, 11) is 1.46. The molecule has 9 heteroatoms. The van der Waals surface area contributed by atoms with E-state index in [2.05, 4.69) is 26.5 Å². The molecular formula is C29H24BrClN2O5. The number of halogens is 2. The number of carbonyl (C=O) groups excluding carboxylic acids is 2. The zero-order valence-electron chi connectivity index (χ0n) is 20.6. The zero-order chi connectivity index (χ0) is 27.1. The Labute approximate surface area is 233 Å². The zero-order valence-corrected chi connectivity index (χ0v) is 23.0. The Morgan fingerprint density at radius 1 is 1.00 bits per heavy atom. The molecule has 194 valence electrons. The van der Waals surface area contributed by atoms with Crippen LogP contribution in [0.3, 0.4) is 0 Å². The maximum Gasteiger partial charge on any atom is 0.343 e. The van der Waals surface area contributed by atoms with Crippen LogP contribution in [0.4, 0.5) is 0 Å². The van der Waals surface area contributed by atoms with Crippen LogP contribution >= 0.6 is 27.5 Å². The van der Waals surface area contributed by atoms with Gasteiger partial charge in [-0.15, -0.1) is 0 Å². The lowest BCUT2D eigenvalue weighted by Crippen LogP contribution is -2.35. The van der Waals surface area contributed by atoms with Gasteiger partial charge < -0.3 is 14.2 Å². The van der Waals surface area contributed by atoms with Gasteiger partial charge in [-0.25, -0.2) is 10.2 Å². The van der Waals surface area contributed by atoms with E-state index in [1.807, 2.05) is 43.3 Å². The van der Waals surface area contributed by atoms with Gasteiger partial charge in [0.1, 0.15) is 5.75 Å². The summed E-state index contributed by atoms with van der Waals surface area (Å²) in [6, 6.07) is 23.0. The van der Waals surface area contributed by atoms with E-state index in [1.165, 1.54) is 13.3 Å². The Bertz CT molecular complexity index is 1490. The first-order valence-electron chi connectivity index (χ1n) is 11.7. The van der Waals surface area contributed by atoms with Crippen molar-refractivity contribution in [1.29, 1.82) is 0 Å². The van der Waals surface area contributed by atoms with Gasteiger partial charge in [0, 0.05) is 5.02 Å². The normalized spacial score (nSPS) is 11.8. The molecule has 0 saturated heterocycles. The average molecular weight is 596 g/mol. The molecule has 1 N–H and O–H groups in total. The van der Waals surface area contributed by atoms with E-state index in [9.17, 15) is 9.59 Å². The van der Waals surface area contributed by atoms with Gasteiger partial charge in [-0.05, 0) is 87.2 Å². The molecule has 38 heavy (non-hydrogen) atoms. The standard InChI is InChI=1S/C29H24BrClN2O5/c1-3-23(37-25-15-11-19-6-4-5-7-22(19)27(25)30)28(34)33-32-17-18-8-14-24(26(16-18)36-2)38-29(35)20-9-12-21(31)13-10-20/h4-17,23H,3H2,1-2H3,(H,33,34)/b32-17+. The van der Waals surface area contributed by atoms with Crippen LogP contribution in [0.25, 0.3) is 10.8 Å². The van der Waals surface area contributed by atoms with E-state index < -0.39 is 12.1 Å². The van der Waals surface area contributed by atoms with Gasteiger partial charge >= 0.3 is 5.97 Å². The highest BCUT2D eigenvalue weighted by molar-refractivity contribution is 9.10. The van der Waals surface area contributed by atoms with Crippen molar-refractivity contribution in [2.45, 2.75) is 19.4 Å². The quantitative estimate of drug-likeness (QED) is 0.0997. The largest absolute Gasteiger partial charge is 0.493 e. The summed E-state index contributed by atoms with van der Waals surface area (Å²) < 4.78 is 17.6. The molecule has 0 aliphatic rings. The van der Waals surface area contributed by atoms with Crippen LogP contribution in [0.1, 0.15) is 29.3 Å². The number of fused-ring (bicyclic) bond motifs is 1. The molecule has 0 bridgehead atoms. The predicted molar refractivity (Wildman–Crippen MR) is 151 cm³/mol. The van der Waals surface area contributed by atoms with Gasteiger partial charge in [0.05, 0.1) is 23.4 Å². The number of hydrogen-bond acceptors (Lipinski definition) is 6. The fraction of sp³-hybridized carbons (Fsp3) is 0.138. The second kappa shape index (κ2) is 12.6. The third kappa shape index (κ3) is 6.51. The lowest BCUT2D eigenvalue weighted by Gasteiger charge is -2.17. The van der Waals surface area contributed by atoms with Crippen LogP contribution in [0.5, 0.6) is 17.2 Å². The minimum Gasteiger partial charge on any atom is -0.493 e. The summed E-state index contributed by atoms with van der Waals surface area (Å²) in [6.45, 7) is 1.86. The molecule has 0 aliphatic heterocycles. The summed E-state index contributed by atoms with van der Waals surface area (Å²) >= 11 is 9.46. The molecule has 0 spiro atoms. The predicted octanol–water partition coefficient (Wildman–Crippen LogP) is 6.79. The second-order valence-electron chi connectivity index (χ2n) is 8.15. The number of nitrogens with zero attached hydrogens (tertiary/aromatic N) is 1. The van der Waals surface area contributed by atoms with Gasteiger partial charge in [-0.3, -0.25) is 4.79 Å². The van der Waals surface area contributed by atoms with Gasteiger partial charge in [0.15, 0.2) is 17.6 Å². The molecule has 0 fully saturated rings. The van der Waals surface area contributed by atoms with E-state index in [1.54, 1.807) is 42.5 Å². The molecule has 4 rings (SSSR count). The number of hydrogen-bond donors (Lipinski definition) is 1. The summed E-state index contributed by atoms with van der Waals surface area (Å²) in [6.07, 6.45) is 1.17. The Morgan fingerprint density at radius 3 is 2.47 bits per heavy atom. The monoisotopic (exact) mass is 594 g/mol. The highest BCUT2D eigenvalue weighted by Crippen LogP contribution is 2.34. The van der Waals surface area contributed by atoms with Crippen LogP contribution in [0.2, 0.25) is 5.02 Å². The lowest BCUT2D eigenvalue weighted by atomic mass is 10.1. The molecule has 0 saturated carbocycles. The number of amides is 1. The molecule has 1 amide bonds. The number of rotatable bonds is 9. The maximum absolute atomic E-state index is 12.7. The van der Waals surface area contributed by atoms with Crippen molar-refractivity contribution in [2.24, 2.45) is 5.10 Å². The second-order valence-corrected chi connectivity index (χ2v) is 9.38. The molecule has 0 radical (unpaired) electrons. The first-order valence-corrected chi connectivity index (χ1v) is 12.9. The number of ether oxygens (including phenoxy) is 3. The van der Waals surface area contributed by atoms with E-state index in [0.717, 1.165) is 15.2 Å². The maximum atomic E-state index is 12.7. The van der Waals surface area contributed by atoms with Crippen molar-refractivity contribution in [1.82, 2.24) is 5.43 Å². The molecule has 1 unspecified atom stereocenters. The van der Waals surface area contributed by atoms with Gasteiger partial charge in [0.25, 0.3) is 5.91 Å². The van der Waals surface area contributed by atoms with Crippen LogP contribution in [0.15, 0.2) is 88.4 Å². The number of methoxy groups -OCH3 is 1. The number of carbonyl (C=O) groups is 2. The summed E-state index contributed by atoms with van der Waals surface area (Å²) in [5.74, 6) is 0.220. The first kappa shape index (κ1) is 27.2.